The van der Waals surface area contributed by atoms with Gasteiger partial charge in [-0.25, -0.2) is 0 Å². The Hall–Kier alpha value is -1.13. The van der Waals surface area contributed by atoms with E-state index in [1.165, 1.54) is 0 Å². The van der Waals surface area contributed by atoms with Crippen LogP contribution in [0.3, 0.4) is 0 Å². The third kappa shape index (κ3) is 3.45. The van der Waals surface area contributed by atoms with Crippen LogP contribution < -0.4 is 4.74 Å². The van der Waals surface area contributed by atoms with Crippen LogP contribution in [0, 0.1) is 0 Å². The quantitative estimate of drug-likeness (QED) is 0.793. The Morgan fingerprint density at radius 3 is 2.58 bits per heavy atom. The molecule has 1 aliphatic rings. The van der Waals surface area contributed by atoms with Crippen molar-refractivity contribution in [2.24, 2.45) is 0 Å². The third-order valence-electron chi connectivity index (χ3n) is 3.12. The largest absolute Gasteiger partial charge is 0.493 e. The minimum Gasteiger partial charge on any atom is -0.493 e. The molecule has 1 aliphatic heterocycles. The zero-order chi connectivity index (χ0) is 13.8. The topological polar surface area (TPSA) is 21.7 Å². The number of thiocarbonyl (C=S) groups is 1. The normalized spacial score (nSPS) is 23.2. The molecule has 2 atom stereocenters. The first-order valence-corrected chi connectivity index (χ1v) is 7.19. The van der Waals surface area contributed by atoms with Crippen molar-refractivity contribution in [1.29, 1.82) is 0 Å². The van der Waals surface area contributed by atoms with Crippen molar-refractivity contribution in [2.75, 3.05) is 19.7 Å². The van der Waals surface area contributed by atoms with E-state index in [1.807, 2.05) is 31.2 Å². The molecule has 0 saturated carbocycles. The van der Waals surface area contributed by atoms with Crippen molar-refractivity contribution >= 4 is 17.2 Å². The molecule has 2 rings (SSSR count). The van der Waals surface area contributed by atoms with E-state index < -0.39 is 0 Å². The van der Waals surface area contributed by atoms with Crippen LogP contribution in [0.15, 0.2) is 24.3 Å². The molecule has 0 N–H and O–H groups in total. The molecule has 3 nitrogen and oxygen atoms in total. The van der Waals surface area contributed by atoms with Crippen molar-refractivity contribution in [3.63, 3.8) is 0 Å². The van der Waals surface area contributed by atoms with E-state index in [0.29, 0.717) is 6.61 Å². The van der Waals surface area contributed by atoms with Gasteiger partial charge in [0, 0.05) is 13.1 Å². The molecule has 0 radical (unpaired) electrons. The highest BCUT2D eigenvalue weighted by Gasteiger charge is 2.25. The maximum atomic E-state index is 5.75. The number of hydrogen-bond acceptors (Lipinski definition) is 3. The fraction of sp³-hybridized carbons (Fsp3) is 0.533. The molecular weight excluding hydrogens is 258 g/mol. The predicted molar refractivity (Wildman–Crippen MR) is 80.9 cm³/mol. The lowest BCUT2D eigenvalue weighted by Crippen LogP contribution is -2.47. The molecule has 1 heterocycles. The third-order valence-corrected chi connectivity index (χ3v) is 3.60. The lowest BCUT2D eigenvalue weighted by molar-refractivity contribution is -0.0472. The first kappa shape index (κ1) is 14.3. The Kier molecular flexibility index (Phi) is 4.77. The van der Waals surface area contributed by atoms with Gasteiger partial charge in [0.2, 0.25) is 0 Å². The second-order valence-electron chi connectivity index (χ2n) is 4.90. The number of hydrogen-bond donors (Lipinski definition) is 0. The molecule has 0 aromatic heterocycles. The van der Waals surface area contributed by atoms with Crippen molar-refractivity contribution in [3.05, 3.63) is 29.8 Å². The SMILES string of the molecule is CCOc1ccccc1C(=S)N1C[C@@H](C)O[C@@H](C)C1. The van der Waals surface area contributed by atoms with Crippen LogP contribution in [0.4, 0.5) is 0 Å². The highest BCUT2D eigenvalue weighted by Crippen LogP contribution is 2.23. The number of para-hydroxylation sites is 1. The summed E-state index contributed by atoms with van der Waals surface area (Å²) in [6.07, 6.45) is 0.418. The summed E-state index contributed by atoms with van der Waals surface area (Å²) < 4.78 is 11.4. The zero-order valence-corrected chi connectivity index (χ0v) is 12.6. The first-order valence-electron chi connectivity index (χ1n) is 6.78. The van der Waals surface area contributed by atoms with Crippen LogP contribution in [-0.4, -0.2) is 41.8 Å². The maximum absolute atomic E-state index is 5.75. The van der Waals surface area contributed by atoms with Gasteiger partial charge in [-0.05, 0) is 32.9 Å². The molecule has 0 unspecified atom stereocenters. The van der Waals surface area contributed by atoms with Gasteiger partial charge in [-0.15, -0.1) is 0 Å². The summed E-state index contributed by atoms with van der Waals surface area (Å²) >= 11 is 5.64. The first-order chi connectivity index (χ1) is 9.11. The van der Waals surface area contributed by atoms with Crippen LogP contribution in [0.5, 0.6) is 5.75 Å². The average Bonchev–Trinajstić information content (AvgIpc) is 2.38. The summed E-state index contributed by atoms with van der Waals surface area (Å²) in [5.41, 5.74) is 1.00. The molecule has 4 heteroatoms. The number of morpholine rings is 1. The fourth-order valence-electron chi connectivity index (χ4n) is 2.44. The molecule has 0 spiro atoms. The lowest BCUT2D eigenvalue weighted by atomic mass is 10.1. The summed E-state index contributed by atoms with van der Waals surface area (Å²) in [4.78, 5) is 3.07. The standard InChI is InChI=1S/C15H21NO2S/c1-4-17-14-8-6-5-7-13(14)15(19)16-9-11(2)18-12(3)10-16/h5-8,11-12H,4,9-10H2,1-3H3/t11-,12+. The van der Waals surface area contributed by atoms with Crippen LogP contribution in [-0.2, 0) is 4.74 Å². The van der Waals surface area contributed by atoms with Crippen molar-refractivity contribution in [1.82, 2.24) is 4.90 Å². The molecule has 1 aromatic rings. The van der Waals surface area contributed by atoms with E-state index in [0.717, 1.165) is 29.4 Å². The maximum Gasteiger partial charge on any atom is 0.129 e. The molecule has 1 saturated heterocycles. The summed E-state index contributed by atoms with van der Waals surface area (Å²) in [5, 5.41) is 0. The molecular formula is C15H21NO2S. The van der Waals surface area contributed by atoms with Gasteiger partial charge in [0.05, 0.1) is 24.4 Å². The molecule has 0 aliphatic carbocycles. The lowest BCUT2D eigenvalue weighted by Gasteiger charge is -2.37. The van der Waals surface area contributed by atoms with E-state index in [1.54, 1.807) is 0 Å². The van der Waals surface area contributed by atoms with Crippen LogP contribution in [0.1, 0.15) is 26.3 Å². The summed E-state index contributed by atoms with van der Waals surface area (Å²) in [5.74, 6) is 0.863. The van der Waals surface area contributed by atoms with Gasteiger partial charge in [0.25, 0.3) is 0 Å². The molecule has 19 heavy (non-hydrogen) atoms. The smallest absolute Gasteiger partial charge is 0.129 e. The van der Waals surface area contributed by atoms with Crippen LogP contribution in [0.25, 0.3) is 0 Å². The minimum atomic E-state index is 0.209. The van der Waals surface area contributed by atoms with Gasteiger partial charge in [-0.3, -0.25) is 0 Å². The molecule has 104 valence electrons. The van der Waals surface area contributed by atoms with Gasteiger partial charge < -0.3 is 14.4 Å². The van der Waals surface area contributed by atoms with Crippen LogP contribution >= 0.6 is 12.2 Å². The fourth-order valence-corrected chi connectivity index (χ4v) is 2.76. The van der Waals surface area contributed by atoms with E-state index in [4.69, 9.17) is 21.7 Å². The number of nitrogens with zero attached hydrogens (tertiary/aromatic N) is 1. The second kappa shape index (κ2) is 6.35. The minimum absolute atomic E-state index is 0.209. The van der Waals surface area contributed by atoms with Crippen molar-refractivity contribution in [3.8, 4) is 5.75 Å². The summed E-state index contributed by atoms with van der Waals surface area (Å²) in [6.45, 7) is 8.47. The molecule has 1 aromatic carbocycles. The van der Waals surface area contributed by atoms with E-state index in [9.17, 15) is 0 Å². The summed E-state index contributed by atoms with van der Waals surface area (Å²) in [6, 6.07) is 7.97. The zero-order valence-electron chi connectivity index (χ0n) is 11.8. The average molecular weight is 279 g/mol. The predicted octanol–water partition coefficient (Wildman–Crippen LogP) is 2.87. The van der Waals surface area contributed by atoms with E-state index >= 15 is 0 Å². The Morgan fingerprint density at radius 1 is 1.32 bits per heavy atom. The van der Waals surface area contributed by atoms with E-state index in [2.05, 4.69) is 18.7 Å². The van der Waals surface area contributed by atoms with Gasteiger partial charge >= 0.3 is 0 Å². The van der Waals surface area contributed by atoms with E-state index in [-0.39, 0.29) is 12.2 Å². The molecule has 1 fully saturated rings. The summed E-state index contributed by atoms with van der Waals surface area (Å²) in [7, 11) is 0. The van der Waals surface area contributed by atoms with Gasteiger partial charge in [0.15, 0.2) is 0 Å². The Labute approximate surface area is 120 Å². The number of benzene rings is 1. The highest BCUT2D eigenvalue weighted by atomic mass is 32.1. The van der Waals surface area contributed by atoms with Crippen molar-refractivity contribution in [2.45, 2.75) is 33.0 Å². The van der Waals surface area contributed by atoms with Crippen molar-refractivity contribution < 1.29 is 9.47 Å². The highest BCUT2D eigenvalue weighted by molar-refractivity contribution is 7.80. The van der Waals surface area contributed by atoms with Gasteiger partial charge in [-0.1, -0.05) is 24.4 Å². The number of ether oxygens (including phenoxy) is 2. The van der Waals surface area contributed by atoms with Crippen LogP contribution in [0.2, 0.25) is 0 Å². The molecule has 0 bridgehead atoms. The Bertz CT molecular complexity index is 440. The number of rotatable bonds is 3. The van der Waals surface area contributed by atoms with Gasteiger partial charge in [-0.2, -0.15) is 0 Å². The monoisotopic (exact) mass is 279 g/mol. The molecule has 0 amide bonds. The Balaban J connectivity index is 2.19. The Morgan fingerprint density at radius 2 is 1.95 bits per heavy atom. The van der Waals surface area contributed by atoms with Gasteiger partial charge in [0.1, 0.15) is 10.7 Å². The second-order valence-corrected chi connectivity index (χ2v) is 5.28.